The van der Waals surface area contributed by atoms with Crippen LogP contribution in [-0.2, 0) is 6.54 Å². The normalized spacial score (nSPS) is 10.4. The van der Waals surface area contributed by atoms with E-state index in [1.807, 2.05) is 0 Å². The number of amides is 1. The summed E-state index contributed by atoms with van der Waals surface area (Å²) in [5, 5.41) is 11.6. The number of carbonyl (C=O) groups excluding carboxylic acids is 1. The topological polar surface area (TPSA) is 54.9 Å². The number of hydrogen-bond donors (Lipinski definition) is 1. The number of rotatable bonds is 3. The number of hydrogen-bond acceptors (Lipinski definition) is 4. The van der Waals surface area contributed by atoms with Gasteiger partial charge in [-0.15, -0.1) is 10.2 Å². The van der Waals surface area contributed by atoms with Gasteiger partial charge in [0.15, 0.2) is 11.6 Å². The minimum atomic E-state index is -1.05. The molecule has 1 heterocycles. The maximum atomic E-state index is 12.9. The van der Waals surface area contributed by atoms with Gasteiger partial charge in [-0.05, 0) is 25.1 Å². The Hall–Kier alpha value is -1.89. The fraction of sp³-hybridized carbons (Fsp3) is 0.182. The van der Waals surface area contributed by atoms with E-state index in [1.165, 1.54) is 17.4 Å². The molecular weight excluding hydrogens is 260 g/mol. The van der Waals surface area contributed by atoms with E-state index in [9.17, 15) is 13.6 Å². The van der Waals surface area contributed by atoms with Crippen LogP contribution in [-0.4, -0.2) is 16.1 Å². The summed E-state index contributed by atoms with van der Waals surface area (Å²) in [5.41, 5.74) is 0.0649. The summed E-state index contributed by atoms with van der Waals surface area (Å²) in [4.78, 5) is 11.6. The molecule has 0 atom stereocenters. The smallest absolute Gasteiger partial charge is 0.251 e. The van der Waals surface area contributed by atoms with E-state index in [2.05, 4.69) is 15.5 Å². The van der Waals surface area contributed by atoms with Crippen LogP contribution in [0.2, 0.25) is 0 Å². The van der Waals surface area contributed by atoms with Crippen molar-refractivity contribution in [3.63, 3.8) is 0 Å². The maximum absolute atomic E-state index is 12.9. The molecule has 1 amide bonds. The molecule has 0 unspecified atom stereocenters. The van der Waals surface area contributed by atoms with Gasteiger partial charge in [0.25, 0.3) is 5.91 Å². The Bertz CT molecular complexity index is 585. The van der Waals surface area contributed by atoms with Gasteiger partial charge < -0.3 is 5.32 Å². The molecule has 0 aliphatic heterocycles. The average molecular weight is 269 g/mol. The first-order chi connectivity index (χ1) is 8.56. The third-order valence-electron chi connectivity index (χ3n) is 2.15. The highest BCUT2D eigenvalue weighted by Crippen LogP contribution is 2.10. The lowest BCUT2D eigenvalue weighted by atomic mass is 10.2. The van der Waals surface area contributed by atoms with Crippen LogP contribution in [0.4, 0.5) is 8.78 Å². The van der Waals surface area contributed by atoms with Gasteiger partial charge in [-0.25, -0.2) is 8.78 Å². The van der Waals surface area contributed by atoms with E-state index in [0.717, 1.165) is 17.1 Å². The molecule has 94 valence electrons. The number of nitrogens with one attached hydrogen (secondary N) is 1. The molecule has 0 aliphatic rings. The average Bonchev–Trinajstić information content (AvgIpc) is 2.75. The van der Waals surface area contributed by atoms with Gasteiger partial charge in [-0.2, -0.15) is 0 Å². The van der Waals surface area contributed by atoms with Crippen molar-refractivity contribution < 1.29 is 13.6 Å². The summed E-state index contributed by atoms with van der Waals surface area (Å²) >= 11 is 1.36. The number of halogens is 2. The molecule has 0 spiro atoms. The number of aryl methyl sites for hydroxylation is 1. The van der Waals surface area contributed by atoms with Gasteiger partial charge in [0.05, 0.1) is 6.54 Å². The van der Waals surface area contributed by atoms with E-state index in [0.29, 0.717) is 5.01 Å². The highest BCUT2D eigenvalue weighted by atomic mass is 32.1. The number of benzene rings is 1. The molecule has 0 saturated heterocycles. The lowest BCUT2D eigenvalue weighted by Crippen LogP contribution is -2.22. The molecule has 0 saturated carbocycles. The molecule has 1 N–H and O–H groups in total. The Morgan fingerprint density at radius 2 is 2.11 bits per heavy atom. The Morgan fingerprint density at radius 3 is 2.72 bits per heavy atom. The van der Waals surface area contributed by atoms with Crippen molar-refractivity contribution in [2.24, 2.45) is 0 Å². The van der Waals surface area contributed by atoms with Gasteiger partial charge in [0.1, 0.15) is 10.0 Å². The van der Waals surface area contributed by atoms with E-state index in [1.54, 1.807) is 6.92 Å². The fourth-order valence-electron chi connectivity index (χ4n) is 1.30. The molecule has 1 aromatic carbocycles. The predicted molar refractivity (Wildman–Crippen MR) is 62.2 cm³/mol. The molecule has 18 heavy (non-hydrogen) atoms. The van der Waals surface area contributed by atoms with Crippen LogP contribution in [0.25, 0.3) is 0 Å². The summed E-state index contributed by atoms with van der Waals surface area (Å²) in [6, 6.07) is 2.99. The zero-order valence-electron chi connectivity index (χ0n) is 9.41. The number of carbonyl (C=O) groups is 1. The Labute approximate surface area is 106 Å². The summed E-state index contributed by atoms with van der Waals surface area (Å²) < 4.78 is 25.6. The summed E-state index contributed by atoms with van der Waals surface area (Å²) in [6.45, 7) is 2.02. The molecule has 4 nitrogen and oxygen atoms in total. The van der Waals surface area contributed by atoms with E-state index < -0.39 is 17.5 Å². The number of nitrogens with zero attached hydrogens (tertiary/aromatic N) is 2. The quantitative estimate of drug-likeness (QED) is 0.927. The van der Waals surface area contributed by atoms with Crippen molar-refractivity contribution in [2.75, 3.05) is 0 Å². The Kier molecular flexibility index (Phi) is 3.61. The van der Waals surface area contributed by atoms with Crippen molar-refractivity contribution in [2.45, 2.75) is 13.5 Å². The molecular formula is C11H9F2N3OS. The largest absolute Gasteiger partial charge is 0.345 e. The van der Waals surface area contributed by atoms with E-state index >= 15 is 0 Å². The summed E-state index contributed by atoms with van der Waals surface area (Å²) in [7, 11) is 0. The molecule has 2 rings (SSSR count). The van der Waals surface area contributed by atoms with Gasteiger partial charge in [0.2, 0.25) is 0 Å². The second-order valence-electron chi connectivity index (χ2n) is 3.53. The van der Waals surface area contributed by atoms with Crippen LogP contribution < -0.4 is 5.32 Å². The van der Waals surface area contributed by atoms with Gasteiger partial charge in [-0.3, -0.25) is 4.79 Å². The van der Waals surface area contributed by atoms with Crippen LogP contribution in [0.5, 0.6) is 0 Å². The zero-order valence-corrected chi connectivity index (χ0v) is 10.2. The standard InChI is InChI=1S/C11H9F2N3OS/c1-6-15-16-10(18-6)5-14-11(17)7-2-3-8(12)9(13)4-7/h2-4H,5H2,1H3,(H,14,17). The van der Waals surface area contributed by atoms with E-state index in [4.69, 9.17) is 0 Å². The predicted octanol–water partition coefficient (Wildman–Crippen LogP) is 2.05. The monoisotopic (exact) mass is 269 g/mol. The van der Waals surface area contributed by atoms with Crippen molar-refractivity contribution in [3.05, 3.63) is 45.4 Å². The second-order valence-corrected chi connectivity index (χ2v) is 4.79. The molecule has 1 aromatic heterocycles. The molecule has 2 aromatic rings. The third-order valence-corrected chi connectivity index (χ3v) is 2.99. The van der Waals surface area contributed by atoms with Crippen LogP contribution in [0.1, 0.15) is 20.4 Å². The van der Waals surface area contributed by atoms with Crippen LogP contribution in [0.15, 0.2) is 18.2 Å². The number of aromatic nitrogens is 2. The first-order valence-electron chi connectivity index (χ1n) is 5.08. The molecule has 0 fully saturated rings. The Morgan fingerprint density at radius 1 is 1.33 bits per heavy atom. The van der Waals surface area contributed by atoms with Crippen molar-refractivity contribution >= 4 is 17.2 Å². The fourth-order valence-corrected chi connectivity index (χ4v) is 1.95. The van der Waals surface area contributed by atoms with Crippen LogP contribution in [0, 0.1) is 18.6 Å². The van der Waals surface area contributed by atoms with Crippen molar-refractivity contribution in [1.29, 1.82) is 0 Å². The first kappa shape index (κ1) is 12.6. The lowest BCUT2D eigenvalue weighted by Gasteiger charge is -2.03. The molecule has 7 heteroatoms. The lowest BCUT2D eigenvalue weighted by molar-refractivity contribution is 0.0950. The van der Waals surface area contributed by atoms with Crippen LogP contribution in [0.3, 0.4) is 0 Å². The highest BCUT2D eigenvalue weighted by molar-refractivity contribution is 7.11. The van der Waals surface area contributed by atoms with Crippen LogP contribution >= 0.6 is 11.3 Å². The third kappa shape index (κ3) is 2.86. The van der Waals surface area contributed by atoms with Crippen molar-refractivity contribution in [3.8, 4) is 0 Å². The zero-order chi connectivity index (χ0) is 13.1. The summed E-state index contributed by atoms with van der Waals surface area (Å²) in [5.74, 6) is -2.51. The minimum Gasteiger partial charge on any atom is -0.345 e. The maximum Gasteiger partial charge on any atom is 0.251 e. The second kappa shape index (κ2) is 5.18. The van der Waals surface area contributed by atoms with Gasteiger partial charge in [-0.1, -0.05) is 11.3 Å². The highest BCUT2D eigenvalue weighted by Gasteiger charge is 2.10. The molecule has 0 bridgehead atoms. The molecule has 0 radical (unpaired) electrons. The summed E-state index contributed by atoms with van der Waals surface area (Å²) in [6.07, 6.45) is 0. The minimum absolute atomic E-state index is 0.0649. The first-order valence-corrected chi connectivity index (χ1v) is 5.90. The van der Waals surface area contributed by atoms with Crippen molar-refractivity contribution in [1.82, 2.24) is 15.5 Å². The Balaban J connectivity index is 2.01. The van der Waals surface area contributed by atoms with Gasteiger partial charge >= 0.3 is 0 Å². The van der Waals surface area contributed by atoms with Gasteiger partial charge in [0, 0.05) is 5.56 Å². The SMILES string of the molecule is Cc1nnc(CNC(=O)c2ccc(F)c(F)c2)s1. The molecule has 0 aliphatic carbocycles. The van der Waals surface area contributed by atoms with E-state index in [-0.39, 0.29) is 12.1 Å².